The number of hydrogen-bond donors (Lipinski definition) is 0. The Kier molecular flexibility index (Phi) is 8.51. The molecule has 0 saturated heterocycles. The summed E-state index contributed by atoms with van der Waals surface area (Å²) in [5.41, 5.74) is 16.7. The van der Waals surface area contributed by atoms with E-state index in [1.165, 1.54) is 66.8 Å². The van der Waals surface area contributed by atoms with Crippen LogP contribution >= 0.6 is 0 Å². The van der Waals surface area contributed by atoms with Gasteiger partial charge in [-0.3, -0.25) is 0 Å². The number of rotatable bonds is 4. The maximum Gasteiger partial charge on any atom is -0.00229 e. The smallest absolute Gasteiger partial charge is 0.00229 e. The zero-order valence-corrected chi connectivity index (χ0v) is 22.3. The average Bonchev–Trinajstić information content (AvgIpc) is 2.79. The molecule has 0 N–H and O–H groups in total. The van der Waals surface area contributed by atoms with E-state index in [9.17, 15) is 0 Å². The summed E-state index contributed by atoms with van der Waals surface area (Å²) in [6.07, 6.45) is 2.07. The van der Waals surface area contributed by atoms with Crippen molar-refractivity contribution in [2.45, 2.75) is 68.2 Å². The third-order valence-corrected chi connectivity index (χ3v) is 7.23. The quantitative estimate of drug-likeness (QED) is 0.292. The Bertz CT molecular complexity index is 1220. The molecule has 0 aromatic heterocycles. The molecule has 0 aliphatic heterocycles. The predicted molar refractivity (Wildman–Crippen MR) is 149 cm³/mol. The van der Waals surface area contributed by atoms with Crippen molar-refractivity contribution >= 4 is 0 Å². The summed E-state index contributed by atoms with van der Waals surface area (Å²) in [4.78, 5) is 0. The molecule has 0 aliphatic rings. The van der Waals surface area contributed by atoms with Gasteiger partial charge in [-0.25, -0.2) is 0 Å². The molecule has 34 heavy (non-hydrogen) atoms. The summed E-state index contributed by atoms with van der Waals surface area (Å²) in [6.45, 7) is 17.4. The van der Waals surface area contributed by atoms with Gasteiger partial charge in [0, 0.05) is 0 Å². The van der Waals surface area contributed by atoms with Crippen molar-refractivity contribution in [1.82, 2.24) is 0 Å². The van der Waals surface area contributed by atoms with E-state index in [4.69, 9.17) is 0 Å². The van der Waals surface area contributed by atoms with Gasteiger partial charge < -0.3 is 0 Å². The molecule has 0 atom stereocenters. The van der Waals surface area contributed by atoms with E-state index in [1.807, 2.05) is 0 Å². The standard InChI is InChI=1S/2C17H20/c1-12-5-7-16(9-14(12)3)11-17-8-6-13(2)15(4)10-17;1-12-8-9-16(10-14(12)3)11-17-7-5-6-13(2)15(17)4/h2*5-10H,11H2,1-4H3. The van der Waals surface area contributed by atoms with Gasteiger partial charge >= 0.3 is 0 Å². The number of benzene rings is 4. The van der Waals surface area contributed by atoms with Crippen molar-refractivity contribution in [2.75, 3.05) is 0 Å². The van der Waals surface area contributed by atoms with E-state index >= 15 is 0 Å². The van der Waals surface area contributed by atoms with Gasteiger partial charge in [0.1, 0.15) is 0 Å². The zero-order valence-electron chi connectivity index (χ0n) is 22.3. The van der Waals surface area contributed by atoms with Crippen LogP contribution in [-0.2, 0) is 12.8 Å². The summed E-state index contributed by atoms with van der Waals surface area (Å²) < 4.78 is 0. The molecule has 176 valence electrons. The molecule has 0 heterocycles. The summed E-state index contributed by atoms with van der Waals surface area (Å²) in [5.74, 6) is 0. The molecular formula is C34H40. The number of hydrogen-bond acceptors (Lipinski definition) is 0. The third-order valence-electron chi connectivity index (χ3n) is 7.23. The van der Waals surface area contributed by atoms with Gasteiger partial charge in [0.2, 0.25) is 0 Å². The Hall–Kier alpha value is -3.12. The highest BCUT2D eigenvalue weighted by Crippen LogP contribution is 2.19. The van der Waals surface area contributed by atoms with E-state index in [1.54, 1.807) is 0 Å². The van der Waals surface area contributed by atoms with Gasteiger partial charge in [-0.05, 0) is 135 Å². The molecule has 4 aromatic rings. The van der Waals surface area contributed by atoms with E-state index in [-0.39, 0.29) is 0 Å². The largest absolute Gasteiger partial charge is 0.0617 e. The topological polar surface area (TPSA) is 0 Å². The first-order chi connectivity index (χ1) is 16.1. The molecule has 0 bridgehead atoms. The maximum atomic E-state index is 2.30. The van der Waals surface area contributed by atoms with Crippen LogP contribution in [0, 0.1) is 55.4 Å². The Morgan fingerprint density at radius 2 is 0.794 bits per heavy atom. The molecule has 0 unspecified atom stereocenters. The van der Waals surface area contributed by atoms with Crippen LogP contribution < -0.4 is 0 Å². The van der Waals surface area contributed by atoms with Crippen molar-refractivity contribution in [1.29, 1.82) is 0 Å². The first-order valence-electron chi connectivity index (χ1n) is 12.4. The van der Waals surface area contributed by atoms with E-state index in [0.717, 1.165) is 12.8 Å². The highest BCUT2D eigenvalue weighted by molar-refractivity contribution is 5.39. The van der Waals surface area contributed by atoms with Crippen LogP contribution in [0.2, 0.25) is 0 Å². The first kappa shape index (κ1) is 25.5. The van der Waals surface area contributed by atoms with Crippen LogP contribution in [0.4, 0.5) is 0 Å². The molecule has 4 rings (SSSR count). The molecule has 0 heteroatoms. The van der Waals surface area contributed by atoms with E-state index in [2.05, 4.69) is 128 Å². The van der Waals surface area contributed by atoms with Crippen LogP contribution in [0.25, 0.3) is 0 Å². The third kappa shape index (κ3) is 6.70. The Morgan fingerprint density at radius 1 is 0.382 bits per heavy atom. The Morgan fingerprint density at radius 3 is 1.21 bits per heavy atom. The lowest BCUT2D eigenvalue weighted by molar-refractivity contribution is 1.12. The van der Waals surface area contributed by atoms with Crippen LogP contribution in [0.3, 0.4) is 0 Å². The summed E-state index contributed by atoms with van der Waals surface area (Å²) in [7, 11) is 0. The lowest BCUT2D eigenvalue weighted by atomic mass is 9.96. The fourth-order valence-electron chi connectivity index (χ4n) is 4.20. The lowest BCUT2D eigenvalue weighted by Crippen LogP contribution is -1.95. The molecule has 0 spiro atoms. The van der Waals surface area contributed by atoms with Crippen LogP contribution in [0.5, 0.6) is 0 Å². The normalized spacial score (nSPS) is 10.6. The van der Waals surface area contributed by atoms with Crippen LogP contribution in [0.15, 0.2) is 72.8 Å². The molecule has 0 saturated carbocycles. The molecule has 0 radical (unpaired) electrons. The van der Waals surface area contributed by atoms with Gasteiger partial charge in [-0.1, -0.05) is 72.8 Å². The summed E-state index contributed by atoms with van der Waals surface area (Å²) >= 11 is 0. The highest BCUT2D eigenvalue weighted by atomic mass is 14.1. The molecule has 0 amide bonds. The molecule has 0 nitrogen and oxygen atoms in total. The highest BCUT2D eigenvalue weighted by Gasteiger charge is 2.03. The molecular weight excluding hydrogens is 408 g/mol. The molecule has 0 aliphatic carbocycles. The van der Waals surface area contributed by atoms with Crippen molar-refractivity contribution in [3.63, 3.8) is 0 Å². The predicted octanol–water partition coefficient (Wildman–Crippen LogP) is 9.02. The van der Waals surface area contributed by atoms with Gasteiger partial charge in [0.15, 0.2) is 0 Å². The van der Waals surface area contributed by atoms with Gasteiger partial charge in [0.05, 0.1) is 0 Å². The Labute approximate surface area is 207 Å². The fraction of sp³-hybridized carbons (Fsp3) is 0.294. The fourth-order valence-corrected chi connectivity index (χ4v) is 4.20. The van der Waals surface area contributed by atoms with Crippen molar-refractivity contribution < 1.29 is 0 Å². The second-order valence-electron chi connectivity index (χ2n) is 9.97. The molecule has 0 fully saturated rings. The van der Waals surface area contributed by atoms with E-state index in [0.29, 0.717) is 0 Å². The molecule has 4 aromatic carbocycles. The van der Waals surface area contributed by atoms with Crippen molar-refractivity contribution in [3.8, 4) is 0 Å². The second-order valence-corrected chi connectivity index (χ2v) is 9.97. The summed E-state index contributed by atoms with van der Waals surface area (Å²) in [6, 6.07) is 26.8. The average molecular weight is 449 g/mol. The lowest BCUT2D eigenvalue weighted by Gasteiger charge is -2.10. The van der Waals surface area contributed by atoms with Gasteiger partial charge in [0.25, 0.3) is 0 Å². The number of aryl methyl sites for hydroxylation is 7. The second kappa shape index (κ2) is 11.3. The van der Waals surface area contributed by atoms with Crippen molar-refractivity contribution in [2.24, 2.45) is 0 Å². The van der Waals surface area contributed by atoms with Crippen LogP contribution in [0.1, 0.15) is 66.8 Å². The Balaban J connectivity index is 0.000000191. The SMILES string of the molecule is Cc1ccc(Cc2ccc(C)c(C)c2)cc1C.Cc1ccc(Cc2cccc(C)c2C)cc1C. The van der Waals surface area contributed by atoms with Crippen molar-refractivity contribution in [3.05, 3.63) is 140 Å². The minimum absolute atomic E-state index is 1.03. The summed E-state index contributed by atoms with van der Waals surface area (Å²) in [5, 5.41) is 0. The monoisotopic (exact) mass is 448 g/mol. The minimum atomic E-state index is 1.03. The van der Waals surface area contributed by atoms with Gasteiger partial charge in [-0.2, -0.15) is 0 Å². The van der Waals surface area contributed by atoms with Crippen LogP contribution in [-0.4, -0.2) is 0 Å². The zero-order chi connectivity index (χ0) is 24.8. The van der Waals surface area contributed by atoms with Gasteiger partial charge in [-0.15, -0.1) is 0 Å². The maximum absolute atomic E-state index is 2.30. The first-order valence-corrected chi connectivity index (χ1v) is 12.4. The minimum Gasteiger partial charge on any atom is -0.0617 e. The van der Waals surface area contributed by atoms with E-state index < -0.39 is 0 Å².